The third kappa shape index (κ3) is 4.43. The molecule has 0 N–H and O–H groups in total. The summed E-state index contributed by atoms with van der Waals surface area (Å²) in [4.78, 5) is 29.5. The lowest BCUT2D eigenvalue weighted by Gasteiger charge is -2.30. The number of rotatable bonds is 4. The van der Waals surface area contributed by atoms with E-state index in [0.717, 1.165) is 0 Å². The molecule has 0 aliphatic carbocycles. The second-order valence-electron chi connectivity index (χ2n) is 5.16. The molecule has 0 aromatic rings. The van der Waals surface area contributed by atoms with Gasteiger partial charge in [0.25, 0.3) is 0 Å². The average molecular weight is 285 g/mol. The maximum Gasteiger partial charge on any atom is 0.236 e. The van der Waals surface area contributed by atoms with Crippen molar-refractivity contribution in [1.29, 1.82) is 0 Å². The number of hydrogen-bond donors (Lipinski definition) is 0. The van der Waals surface area contributed by atoms with Gasteiger partial charge < -0.3 is 19.3 Å². The Kier molecular flexibility index (Phi) is 5.75. The number of carbonyl (C=O) groups excluding carboxylic acids is 2. The van der Waals surface area contributed by atoms with Crippen molar-refractivity contribution in [3.63, 3.8) is 0 Å². The number of carbonyl (C=O) groups is 2. The fourth-order valence-corrected chi connectivity index (χ4v) is 2.34. The van der Waals surface area contributed by atoms with Gasteiger partial charge in [-0.1, -0.05) is 0 Å². The molecule has 2 fully saturated rings. The molecule has 0 radical (unpaired) electrons. The van der Waals surface area contributed by atoms with Gasteiger partial charge in [-0.3, -0.25) is 14.5 Å². The summed E-state index contributed by atoms with van der Waals surface area (Å²) in [6, 6.07) is 0. The first-order chi connectivity index (χ1) is 9.66. The molecule has 2 aliphatic rings. The van der Waals surface area contributed by atoms with Crippen molar-refractivity contribution in [2.75, 3.05) is 72.7 Å². The Morgan fingerprint density at radius 1 is 0.850 bits per heavy atom. The van der Waals surface area contributed by atoms with Crippen LogP contribution in [-0.2, 0) is 19.1 Å². The monoisotopic (exact) mass is 285 g/mol. The van der Waals surface area contributed by atoms with Gasteiger partial charge in [-0.15, -0.1) is 0 Å². The minimum atomic E-state index is 0.0607. The van der Waals surface area contributed by atoms with Crippen molar-refractivity contribution in [3.05, 3.63) is 0 Å². The van der Waals surface area contributed by atoms with E-state index in [1.54, 1.807) is 21.7 Å². The highest BCUT2D eigenvalue weighted by atomic mass is 16.5. The van der Waals surface area contributed by atoms with Crippen LogP contribution in [0.2, 0.25) is 0 Å². The van der Waals surface area contributed by atoms with Crippen molar-refractivity contribution in [2.45, 2.75) is 0 Å². The first-order valence-electron chi connectivity index (χ1n) is 7.06. The minimum absolute atomic E-state index is 0.0607. The van der Waals surface area contributed by atoms with Crippen LogP contribution in [0, 0.1) is 0 Å². The van der Waals surface area contributed by atoms with Gasteiger partial charge in [-0.2, -0.15) is 0 Å². The number of amides is 2. The predicted octanol–water partition coefficient (Wildman–Crippen LogP) is -1.36. The van der Waals surface area contributed by atoms with Gasteiger partial charge in [0.05, 0.1) is 39.5 Å². The van der Waals surface area contributed by atoms with Gasteiger partial charge in [0.1, 0.15) is 0 Å². The number of morpholine rings is 2. The van der Waals surface area contributed by atoms with E-state index in [1.807, 2.05) is 0 Å². The molecular formula is C13H23N3O4. The lowest BCUT2D eigenvalue weighted by atomic mass is 10.3. The zero-order valence-electron chi connectivity index (χ0n) is 12.0. The average Bonchev–Trinajstić information content (AvgIpc) is 2.49. The van der Waals surface area contributed by atoms with E-state index in [2.05, 4.69) is 0 Å². The van der Waals surface area contributed by atoms with E-state index in [9.17, 15) is 9.59 Å². The lowest BCUT2D eigenvalue weighted by molar-refractivity contribution is -0.139. The smallest absolute Gasteiger partial charge is 0.236 e. The van der Waals surface area contributed by atoms with Crippen LogP contribution in [0.5, 0.6) is 0 Å². The standard InChI is InChI=1S/C13H23N3O4/c1-14(10-12(17)15-2-6-19-7-3-15)11-13(18)16-4-8-20-9-5-16/h2-11H2,1H3. The molecule has 2 rings (SSSR count). The highest BCUT2D eigenvalue weighted by molar-refractivity contribution is 5.81. The van der Waals surface area contributed by atoms with Crippen LogP contribution in [0.4, 0.5) is 0 Å². The normalized spacial score (nSPS) is 20.3. The maximum absolute atomic E-state index is 12.1. The van der Waals surface area contributed by atoms with Crippen LogP contribution in [0.25, 0.3) is 0 Å². The molecule has 0 saturated carbocycles. The first-order valence-corrected chi connectivity index (χ1v) is 7.06. The Bertz CT molecular complexity index is 307. The van der Waals surface area contributed by atoms with Crippen LogP contribution < -0.4 is 0 Å². The summed E-state index contributed by atoms with van der Waals surface area (Å²) in [5, 5.41) is 0. The molecule has 7 heteroatoms. The molecule has 0 aromatic carbocycles. The van der Waals surface area contributed by atoms with E-state index in [0.29, 0.717) is 52.6 Å². The van der Waals surface area contributed by atoms with Crippen LogP contribution in [0.15, 0.2) is 0 Å². The third-order valence-corrected chi connectivity index (χ3v) is 3.54. The SMILES string of the molecule is CN(CC(=O)N1CCOCC1)CC(=O)N1CCOCC1. The number of ether oxygens (including phenoxy) is 2. The topological polar surface area (TPSA) is 62.3 Å². The van der Waals surface area contributed by atoms with Crippen LogP contribution in [0.1, 0.15) is 0 Å². The molecule has 2 aliphatic heterocycles. The molecule has 0 aromatic heterocycles. The maximum atomic E-state index is 12.1. The van der Waals surface area contributed by atoms with E-state index in [-0.39, 0.29) is 24.9 Å². The Morgan fingerprint density at radius 2 is 1.20 bits per heavy atom. The van der Waals surface area contributed by atoms with E-state index >= 15 is 0 Å². The second-order valence-corrected chi connectivity index (χ2v) is 5.16. The van der Waals surface area contributed by atoms with Gasteiger partial charge in [-0.25, -0.2) is 0 Å². The fourth-order valence-electron chi connectivity index (χ4n) is 2.34. The Labute approximate surface area is 119 Å². The molecule has 20 heavy (non-hydrogen) atoms. The zero-order chi connectivity index (χ0) is 14.4. The van der Waals surface area contributed by atoms with Crippen molar-refractivity contribution in [2.24, 2.45) is 0 Å². The van der Waals surface area contributed by atoms with Gasteiger partial charge in [-0.05, 0) is 7.05 Å². The molecular weight excluding hydrogens is 262 g/mol. The molecule has 114 valence electrons. The summed E-state index contributed by atoms with van der Waals surface area (Å²) < 4.78 is 10.4. The van der Waals surface area contributed by atoms with E-state index < -0.39 is 0 Å². The fraction of sp³-hybridized carbons (Fsp3) is 0.846. The number of likely N-dealkylation sites (N-methyl/N-ethyl adjacent to an activating group) is 1. The number of hydrogen-bond acceptors (Lipinski definition) is 5. The summed E-state index contributed by atoms with van der Waals surface area (Å²) in [5.41, 5.74) is 0. The predicted molar refractivity (Wildman–Crippen MR) is 72.3 cm³/mol. The molecule has 0 bridgehead atoms. The van der Waals surface area contributed by atoms with Gasteiger partial charge in [0.15, 0.2) is 0 Å². The van der Waals surface area contributed by atoms with Gasteiger partial charge in [0, 0.05) is 26.2 Å². The highest BCUT2D eigenvalue weighted by Gasteiger charge is 2.21. The third-order valence-electron chi connectivity index (χ3n) is 3.54. The molecule has 0 atom stereocenters. The largest absolute Gasteiger partial charge is 0.378 e. The Balaban J connectivity index is 1.72. The molecule has 0 unspecified atom stereocenters. The van der Waals surface area contributed by atoms with Crippen molar-refractivity contribution in [3.8, 4) is 0 Å². The molecule has 7 nitrogen and oxygen atoms in total. The van der Waals surface area contributed by atoms with Crippen LogP contribution >= 0.6 is 0 Å². The summed E-state index contributed by atoms with van der Waals surface area (Å²) in [7, 11) is 1.80. The Hall–Kier alpha value is -1.18. The van der Waals surface area contributed by atoms with Gasteiger partial charge >= 0.3 is 0 Å². The Morgan fingerprint density at radius 3 is 1.55 bits per heavy atom. The molecule has 2 saturated heterocycles. The second kappa shape index (κ2) is 7.56. The summed E-state index contributed by atoms with van der Waals surface area (Å²) in [6.07, 6.45) is 0. The minimum Gasteiger partial charge on any atom is -0.378 e. The molecule has 2 heterocycles. The quantitative estimate of drug-likeness (QED) is 0.638. The van der Waals surface area contributed by atoms with E-state index in [4.69, 9.17) is 9.47 Å². The van der Waals surface area contributed by atoms with Crippen molar-refractivity contribution in [1.82, 2.24) is 14.7 Å². The summed E-state index contributed by atoms with van der Waals surface area (Å²) in [6.45, 7) is 5.52. The number of nitrogens with zero attached hydrogens (tertiary/aromatic N) is 3. The first kappa shape index (κ1) is 15.2. The lowest BCUT2D eigenvalue weighted by Crippen LogP contribution is -2.48. The highest BCUT2D eigenvalue weighted by Crippen LogP contribution is 2.01. The molecule has 0 spiro atoms. The summed E-state index contributed by atoms with van der Waals surface area (Å²) in [5.74, 6) is 0.121. The van der Waals surface area contributed by atoms with Gasteiger partial charge in [0.2, 0.25) is 11.8 Å². The van der Waals surface area contributed by atoms with Crippen molar-refractivity contribution >= 4 is 11.8 Å². The van der Waals surface area contributed by atoms with Crippen LogP contribution in [0.3, 0.4) is 0 Å². The van der Waals surface area contributed by atoms with Crippen LogP contribution in [-0.4, -0.2) is 99.3 Å². The van der Waals surface area contributed by atoms with Crippen molar-refractivity contribution < 1.29 is 19.1 Å². The van der Waals surface area contributed by atoms with E-state index in [1.165, 1.54) is 0 Å². The molecule has 2 amide bonds. The zero-order valence-corrected chi connectivity index (χ0v) is 12.0. The summed E-state index contributed by atoms with van der Waals surface area (Å²) >= 11 is 0.